The Bertz CT molecular complexity index is 122. The van der Waals surface area contributed by atoms with Gasteiger partial charge in [0.25, 0.3) is 0 Å². The maximum Gasteiger partial charge on any atom is 0.149 e. The molecule has 0 saturated heterocycles. The Labute approximate surface area is 61.8 Å². The van der Waals surface area contributed by atoms with E-state index in [2.05, 4.69) is 0 Å². The Balaban J connectivity index is 2.35. The number of hydrogen-bond acceptors (Lipinski definition) is 2. The van der Waals surface area contributed by atoms with Crippen molar-refractivity contribution in [3.8, 4) is 0 Å². The van der Waals surface area contributed by atoms with E-state index in [1.165, 1.54) is 12.8 Å². The lowest BCUT2D eigenvalue weighted by molar-refractivity contribution is -0.120. The first-order chi connectivity index (χ1) is 4.80. The molecule has 10 heavy (non-hydrogen) atoms. The SMILES string of the molecule is N[C@@H]1CCCCCCC1=O. The normalized spacial score (nSPS) is 29.3. The maximum absolute atomic E-state index is 11.0. The van der Waals surface area contributed by atoms with E-state index in [9.17, 15) is 4.79 Å². The molecule has 0 bridgehead atoms. The zero-order chi connectivity index (χ0) is 7.40. The van der Waals surface area contributed by atoms with Gasteiger partial charge in [0.05, 0.1) is 6.04 Å². The van der Waals surface area contributed by atoms with Crippen LogP contribution in [0.1, 0.15) is 38.5 Å². The molecule has 0 spiro atoms. The zero-order valence-corrected chi connectivity index (χ0v) is 6.31. The molecule has 0 radical (unpaired) electrons. The summed E-state index contributed by atoms with van der Waals surface area (Å²) in [5.74, 6) is 0.264. The van der Waals surface area contributed by atoms with Gasteiger partial charge < -0.3 is 5.73 Å². The van der Waals surface area contributed by atoms with Gasteiger partial charge in [0.2, 0.25) is 0 Å². The van der Waals surface area contributed by atoms with Crippen LogP contribution in [0.3, 0.4) is 0 Å². The van der Waals surface area contributed by atoms with E-state index in [1.807, 2.05) is 0 Å². The van der Waals surface area contributed by atoms with E-state index in [-0.39, 0.29) is 11.8 Å². The predicted octanol–water partition coefficient (Wildman–Crippen LogP) is 1.24. The summed E-state index contributed by atoms with van der Waals surface area (Å²) in [6.07, 6.45) is 6.25. The lowest BCUT2D eigenvalue weighted by Crippen LogP contribution is -2.30. The van der Waals surface area contributed by atoms with Crippen LogP contribution in [0.15, 0.2) is 0 Å². The Hall–Kier alpha value is -0.370. The standard InChI is InChI=1S/C8H15NO/c9-7-5-3-1-2-4-6-8(7)10/h7H,1-6,9H2/t7-/m1/s1. The molecule has 1 rings (SSSR count). The van der Waals surface area contributed by atoms with Gasteiger partial charge in [-0.15, -0.1) is 0 Å². The summed E-state index contributed by atoms with van der Waals surface area (Å²) in [5, 5.41) is 0. The van der Waals surface area contributed by atoms with Crippen molar-refractivity contribution in [3.63, 3.8) is 0 Å². The van der Waals surface area contributed by atoms with Crippen molar-refractivity contribution in [2.45, 2.75) is 44.6 Å². The minimum Gasteiger partial charge on any atom is -0.322 e. The minimum absolute atomic E-state index is 0.153. The Morgan fingerprint density at radius 1 is 1.20 bits per heavy atom. The number of rotatable bonds is 0. The monoisotopic (exact) mass is 141 g/mol. The molecule has 2 heteroatoms. The summed E-state index contributed by atoms with van der Waals surface area (Å²) in [6.45, 7) is 0. The summed E-state index contributed by atoms with van der Waals surface area (Å²) in [4.78, 5) is 11.0. The quantitative estimate of drug-likeness (QED) is 0.551. The number of carbonyl (C=O) groups excluding carboxylic acids is 1. The highest BCUT2D eigenvalue weighted by Gasteiger charge is 2.14. The fourth-order valence-corrected chi connectivity index (χ4v) is 1.36. The highest BCUT2D eigenvalue weighted by Crippen LogP contribution is 2.12. The predicted molar refractivity (Wildman–Crippen MR) is 40.7 cm³/mol. The Morgan fingerprint density at radius 3 is 2.70 bits per heavy atom. The smallest absolute Gasteiger partial charge is 0.149 e. The molecule has 0 aromatic rings. The Kier molecular flexibility index (Phi) is 2.87. The molecule has 1 aliphatic carbocycles. The summed E-state index contributed by atoms with van der Waals surface area (Å²) in [5.41, 5.74) is 5.60. The highest BCUT2D eigenvalue weighted by molar-refractivity contribution is 5.83. The molecule has 58 valence electrons. The second kappa shape index (κ2) is 3.71. The van der Waals surface area contributed by atoms with Gasteiger partial charge in [-0.25, -0.2) is 0 Å². The topological polar surface area (TPSA) is 43.1 Å². The van der Waals surface area contributed by atoms with Crippen LogP contribution in [0.25, 0.3) is 0 Å². The van der Waals surface area contributed by atoms with Gasteiger partial charge >= 0.3 is 0 Å². The van der Waals surface area contributed by atoms with Crippen LogP contribution in [0.5, 0.6) is 0 Å². The van der Waals surface area contributed by atoms with E-state index in [4.69, 9.17) is 5.73 Å². The first-order valence-corrected chi connectivity index (χ1v) is 4.09. The molecule has 0 aliphatic heterocycles. The lowest BCUT2D eigenvalue weighted by atomic mass is 9.96. The summed E-state index contributed by atoms with van der Waals surface area (Å²) < 4.78 is 0. The van der Waals surface area contributed by atoms with Crippen molar-refractivity contribution in [1.82, 2.24) is 0 Å². The summed E-state index contributed by atoms with van der Waals surface area (Å²) in [6, 6.07) is -0.153. The van der Waals surface area contributed by atoms with Crippen molar-refractivity contribution in [2.75, 3.05) is 0 Å². The van der Waals surface area contributed by atoms with E-state index in [1.54, 1.807) is 0 Å². The number of hydrogen-bond donors (Lipinski definition) is 1. The minimum atomic E-state index is -0.153. The van der Waals surface area contributed by atoms with Gasteiger partial charge in [-0.3, -0.25) is 4.79 Å². The number of ketones is 1. The molecule has 1 saturated carbocycles. The third-order valence-electron chi connectivity index (χ3n) is 2.10. The van der Waals surface area contributed by atoms with Crippen molar-refractivity contribution in [2.24, 2.45) is 5.73 Å². The first-order valence-electron chi connectivity index (χ1n) is 4.09. The van der Waals surface area contributed by atoms with Gasteiger partial charge in [-0.1, -0.05) is 19.3 Å². The highest BCUT2D eigenvalue weighted by atomic mass is 16.1. The van der Waals surface area contributed by atoms with Crippen LogP contribution in [-0.4, -0.2) is 11.8 Å². The molecule has 0 aromatic heterocycles. The molecule has 0 aromatic carbocycles. The molecule has 1 atom stereocenters. The molecule has 1 aliphatic rings. The second-order valence-corrected chi connectivity index (χ2v) is 3.03. The number of Topliss-reactive ketones (excluding diaryl/α,β-unsaturated/α-hetero) is 1. The molecule has 0 heterocycles. The van der Waals surface area contributed by atoms with Crippen LogP contribution in [-0.2, 0) is 4.79 Å². The molecule has 0 unspecified atom stereocenters. The van der Waals surface area contributed by atoms with Gasteiger partial charge in [-0.05, 0) is 12.8 Å². The van der Waals surface area contributed by atoms with Gasteiger partial charge in [-0.2, -0.15) is 0 Å². The van der Waals surface area contributed by atoms with Crippen molar-refractivity contribution < 1.29 is 4.79 Å². The average molecular weight is 141 g/mol. The number of nitrogens with two attached hydrogens (primary N) is 1. The third-order valence-corrected chi connectivity index (χ3v) is 2.10. The van der Waals surface area contributed by atoms with Crippen LogP contribution < -0.4 is 5.73 Å². The molecule has 0 amide bonds. The lowest BCUT2D eigenvalue weighted by Gasteiger charge is -2.13. The summed E-state index contributed by atoms with van der Waals surface area (Å²) >= 11 is 0. The summed E-state index contributed by atoms with van der Waals surface area (Å²) in [7, 11) is 0. The van der Waals surface area contributed by atoms with Gasteiger partial charge in [0, 0.05) is 6.42 Å². The van der Waals surface area contributed by atoms with Crippen LogP contribution >= 0.6 is 0 Å². The van der Waals surface area contributed by atoms with Crippen molar-refractivity contribution in [3.05, 3.63) is 0 Å². The van der Waals surface area contributed by atoms with Gasteiger partial charge in [0.1, 0.15) is 5.78 Å². The van der Waals surface area contributed by atoms with Crippen molar-refractivity contribution in [1.29, 1.82) is 0 Å². The second-order valence-electron chi connectivity index (χ2n) is 3.03. The van der Waals surface area contributed by atoms with E-state index in [0.29, 0.717) is 6.42 Å². The molecule has 2 nitrogen and oxygen atoms in total. The largest absolute Gasteiger partial charge is 0.322 e. The van der Waals surface area contributed by atoms with E-state index in [0.717, 1.165) is 19.3 Å². The van der Waals surface area contributed by atoms with Crippen molar-refractivity contribution >= 4 is 5.78 Å². The average Bonchev–Trinajstić information content (AvgIpc) is 1.92. The molecular weight excluding hydrogens is 126 g/mol. The van der Waals surface area contributed by atoms with E-state index >= 15 is 0 Å². The third kappa shape index (κ3) is 2.10. The molecular formula is C8H15NO. The van der Waals surface area contributed by atoms with Crippen LogP contribution in [0.4, 0.5) is 0 Å². The molecule has 1 fully saturated rings. The maximum atomic E-state index is 11.0. The van der Waals surface area contributed by atoms with Gasteiger partial charge in [0.15, 0.2) is 0 Å². The van der Waals surface area contributed by atoms with Crippen LogP contribution in [0, 0.1) is 0 Å². The van der Waals surface area contributed by atoms with Crippen LogP contribution in [0.2, 0.25) is 0 Å². The fourth-order valence-electron chi connectivity index (χ4n) is 1.36. The molecule has 2 N–H and O–H groups in total. The fraction of sp³-hybridized carbons (Fsp3) is 0.875. The first kappa shape index (κ1) is 7.73. The number of carbonyl (C=O) groups is 1. The van der Waals surface area contributed by atoms with E-state index < -0.39 is 0 Å². The Morgan fingerprint density at radius 2 is 1.90 bits per heavy atom. The zero-order valence-electron chi connectivity index (χ0n) is 6.31.